The van der Waals surface area contributed by atoms with E-state index in [0.717, 1.165) is 32.1 Å². The monoisotopic (exact) mass is 302 g/mol. The molecule has 2 aliphatic rings. The van der Waals surface area contributed by atoms with Crippen molar-refractivity contribution in [3.8, 4) is 0 Å². The summed E-state index contributed by atoms with van der Waals surface area (Å²) >= 11 is 0. The Bertz CT molecular complexity index is 598. The smallest absolute Gasteiger partial charge is 0.435 e. The van der Waals surface area contributed by atoms with Gasteiger partial charge in [0.2, 0.25) is 0 Å². The van der Waals surface area contributed by atoms with Crippen LogP contribution < -0.4 is 0 Å². The van der Waals surface area contributed by atoms with E-state index in [9.17, 15) is 14.7 Å². The molecule has 1 aromatic rings. The zero-order valence-electron chi connectivity index (χ0n) is 13.1. The highest BCUT2D eigenvalue weighted by molar-refractivity contribution is 5.81. The van der Waals surface area contributed by atoms with Crippen LogP contribution in [0.5, 0.6) is 0 Å². The van der Waals surface area contributed by atoms with Gasteiger partial charge in [-0.3, -0.25) is 0 Å². The van der Waals surface area contributed by atoms with Crippen LogP contribution in [0.3, 0.4) is 0 Å². The largest absolute Gasteiger partial charge is 0.521 e. The van der Waals surface area contributed by atoms with Crippen molar-refractivity contribution in [2.24, 2.45) is 5.92 Å². The van der Waals surface area contributed by atoms with E-state index in [1.807, 2.05) is 13.0 Å². The van der Waals surface area contributed by atoms with Crippen LogP contribution in [-0.4, -0.2) is 34.2 Å². The van der Waals surface area contributed by atoms with Gasteiger partial charge >= 0.3 is 12.0 Å². The first-order valence-electron chi connectivity index (χ1n) is 8.25. The van der Waals surface area contributed by atoms with Gasteiger partial charge in [0.15, 0.2) is 0 Å². The molecule has 0 spiro atoms. The summed E-state index contributed by atoms with van der Waals surface area (Å²) in [4.78, 5) is 24.6. The molecule has 0 saturated carbocycles. The summed E-state index contributed by atoms with van der Waals surface area (Å²) in [5.74, 6) is 0.187. The summed E-state index contributed by atoms with van der Waals surface area (Å²) in [5, 5.41) is 9.64. The highest BCUT2D eigenvalue weighted by Gasteiger charge is 2.52. The number of benzene rings is 1. The molecule has 2 amide bonds. The van der Waals surface area contributed by atoms with Gasteiger partial charge in [-0.1, -0.05) is 24.3 Å². The molecule has 1 aromatic carbocycles. The molecule has 1 unspecified atom stereocenters. The van der Waals surface area contributed by atoms with Crippen molar-refractivity contribution in [3.63, 3.8) is 0 Å². The van der Waals surface area contributed by atoms with Gasteiger partial charge in [0.25, 0.3) is 0 Å². The molecule has 0 bridgehead atoms. The number of rotatable bonds is 2. The Kier molecular flexibility index (Phi) is 4.04. The number of likely N-dealkylation sites (tertiary alicyclic amines) is 1. The van der Waals surface area contributed by atoms with E-state index in [1.165, 1.54) is 11.1 Å². The van der Waals surface area contributed by atoms with Crippen LogP contribution in [0.4, 0.5) is 4.79 Å². The topological polar surface area (TPSA) is 54.4 Å². The Morgan fingerprint density at radius 1 is 1.23 bits per heavy atom. The third-order valence-electron chi connectivity index (χ3n) is 5.58. The minimum Gasteiger partial charge on any atom is -0.435 e. The average Bonchev–Trinajstić information content (AvgIpc) is 2.90. The molecule has 1 N–H and O–H groups in total. The summed E-state index contributed by atoms with van der Waals surface area (Å²) < 4.78 is -0.349. The molecule has 0 radical (unpaired) electrons. The second kappa shape index (κ2) is 5.84. The van der Waals surface area contributed by atoms with E-state index in [1.54, 1.807) is 0 Å². The predicted molar refractivity (Wildman–Crippen MR) is 83.4 cm³/mol. The lowest BCUT2D eigenvalue weighted by Gasteiger charge is -2.32. The van der Waals surface area contributed by atoms with Gasteiger partial charge < -0.3 is 5.11 Å². The molecule has 1 saturated heterocycles. The molecule has 4 heteroatoms. The maximum Gasteiger partial charge on any atom is 0.521 e. The number of quaternary nitrogens is 1. The van der Waals surface area contributed by atoms with E-state index in [0.29, 0.717) is 13.0 Å². The van der Waals surface area contributed by atoms with E-state index in [4.69, 9.17) is 0 Å². The summed E-state index contributed by atoms with van der Waals surface area (Å²) in [6.45, 7) is 2.35. The highest BCUT2D eigenvalue weighted by Crippen LogP contribution is 2.33. The number of carbonyl (C=O) groups excluding carboxylic acids is 1. The molecule has 1 aliphatic heterocycles. The van der Waals surface area contributed by atoms with Crippen molar-refractivity contribution < 1.29 is 19.2 Å². The van der Waals surface area contributed by atoms with E-state index in [-0.39, 0.29) is 22.3 Å². The van der Waals surface area contributed by atoms with Crippen LogP contribution in [0.25, 0.3) is 0 Å². The highest BCUT2D eigenvalue weighted by atomic mass is 16.4. The SMILES string of the molecule is C[C@@H]1CCC[N+]1(C(=O)O)C(=O)C[C@@H]1CCc2ccccc2C1. The van der Waals surface area contributed by atoms with Crippen molar-refractivity contribution in [2.75, 3.05) is 6.54 Å². The van der Waals surface area contributed by atoms with Gasteiger partial charge in [-0.15, -0.1) is 0 Å². The number of hydrogen-bond donors (Lipinski definition) is 1. The summed E-state index contributed by atoms with van der Waals surface area (Å²) in [7, 11) is 0. The van der Waals surface area contributed by atoms with Crippen LogP contribution in [-0.2, 0) is 17.6 Å². The van der Waals surface area contributed by atoms with Crippen LogP contribution >= 0.6 is 0 Å². The van der Waals surface area contributed by atoms with E-state index in [2.05, 4.69) is 18.2 Å². The minimum atomic E-state index is -0.966. The molecule has 1 fully saturated rings. The molecule has 3 atom stereocenters. The molecule has 118 valence electrons. The Balaban J connectivity index is 1.74. The van der Waals surface area contributed by atoms with Gasteiger partial charge in [-0.05, 0) is 43.2 Å². The quantitative estimate of drug-likeness (QED) is 0.852. The van der Waals surface area contributed by atoms with Crippen LogP contribution in [0.1, 0.15) is 43.7 Å². The lowest BCUT2D eigenvalue weighted by Crippen LogP contribution is -2.58. The predicted octanol–water partition coefficient (Wildman–Crippen LogP) is 3.39. The average molecular weight is 302 g/mol. The molecule has 4 nitrogen and oxygen atoms in total. The van der Waals surface area contributed by atoms with Crippen LogP contribution in [0, 0.1) is 5.92 Å². The third kappa shape index (κ3) is 2.45. The summed E-state index contributed by atoms with van der Waals surface area (Å²) in [5.41, 5.74) is 2.70. The first kappa shape index (κ1) is 15.2. The number of fused-ring (bicyclic) bond motifs is 1. The maximum atomic E-state index is 12.8. The van der Waals surface area contributed by atoms with Crippen molar-refractivity contribution in [1.29, 1.82) is 0 Å². The lowest BCUT2D eigenvalue weighted by molar-refractivity contribution is -0.792. The van der Waals surface area contributed by atoms with Crippen molar-refractivity contribution in [3.05, 3.63) is 35.4 Å². The van der Waals surface area contributed by atoms with Gasteiger partial charge in [0.1, 0.15) is 6.04 Å². The molecular formula is C18H24NO3+. The lowest BCUT2D eigenvalue weighted by atomic mass is 9.82. The zero-order valence-corrected chi connectivity index (χ0v) is 13.1. The van der Waals surface area contributed by atoms with Gasteiger partial charge in [0, 0.05) is 12.8 Å². The maximum absolute atomic E-state index is 12.8. The van der Waals surface area contributed by atoms with Gasteiger partial charge in [0.05, 0.1) is 13.0 Å². The minimum absolute atomic E-state index is 0.0955. The van der Waals surface area contributed by atoms with Gasteiger partial charge in [-0.2, -0.15) is 9.28 Å². The fraction of sp³-hybridized carbons (Fsp3) is 0.556. The van der Waals surface area contributed by atoms with Crippen LogP contribution in [0.2, 0.25) is 0 Å². The van der Waals surface area contributed by atoms with E-state index < -0.39 is 6.09 Å². The number of hydrogen-bond acceptors (Lipinski definition) is 2. The second-order valence-electron chi connectivity index (χ2n) is 6.84. The summed E-state index contributed by atoms with van der Waals surface area (Å²) in [6, 6.07) is 8.28. The number of carboxylic acid groups (broad SMARTS) is 1. The number of amides is 2. The Morgan fingerprint density at radius 2 is 1.95 bits per heavy atom. The molecule has 3 rings (SSSR count). The second-order valence-corrected chi connectivity index (χ2v) is 6.84. The van der Waals surface area contributed by atoms with Crippen molar-refractivity contribution >= 4 is 12.0 Å². The molecule has 1 heterocycles. The van der Waals surface area contributed by atoms with E-state index >= 15 is 0 Å². The first-order chi connectivity index (χ1) is 10.5. The summed E-state index contributed by atoms with van der Waals surface area (Å²) in [6.07, 6.45) is 3.96. The van der Waals surface area contributed by atoms with Crippen molar-refractivity contribution in [1.82, 2.24) is 0 Å². The fourth-order valence-electron chi connectivity index (χ4n) is 4.20. The Labute approximate surface area is 131 Å². The number of imide groups is 1. The molecular weight excluding hydrogens is 278 g/mol. The number of nitrogens with zero attached hydrogens (tertiary/aromatic N) is 1. The number of carbonyl (C=O) groups is 2. The van der Waals surface area contributed by atoms with Crippen LogP contribution in [0.15, 0.2) is 24.3 Å². The Hall–Kier alpha value is -1.68. The fourth-order valence-corrected chi connectivity index (χ4v) is 4.20. The third-order valence-corrected chi connectivity index (χ3v) is 5.58. The Morgan fingerprint density at radius 3 is 2.59 bits per heavy atom. The van der Waals surface area contributed by atoms with Crippen molar-refractivity contribution in [2.45, 2.75) is 51.5 Å². The molecule has 22 heavy (non-hydrogen) atoms. The zero-order chi connectivity index (χ0) is 15.7. The normalized spacial score (nSPS) is 30.8. The van der Waals surface area contributed by atoms with Gasteiger partial charge in [-0.25, -0.2) is 4.79 Å². The molecule has 0 aromatic heterocycles. The standard InChI is InChI=1S/C18H23NO3/c1-13-5-4-10-19(13,18(21)22)17(20)12-14-8-9-15-6-2-3-7-16(15)11-14/h2-3,6-7,13-14H,4-5,8-12H2,1H3/p+1/t13-,14-,19?/m1/s1. The first-order valence-corrected chi connectivity index (χ1v) is 8.25. The molecule has 1 aliphatic carbocycles. The number of aryl methyl sites for hydroxylation is 1.